The van der Waals surface area contributed by atoms with Crippen LogP contribution in [0.15, 0.2) is 0 Å². The van der Waals surface area contributed by atoms with Crippen LogP contribution in [-0.2, 0) is 4.74 Å². The van der Waals surface area contributed by atoms with Crippen LogP contribution in [0.1, 0.15) is 39.0 Å². The molecule has 1 rings (SSSR count). The average Bonchev–Trinajstić information content (AvgIpc) is 2.43. The second-order valence-corrected chi connectivity index (χ2v) is 6.64. The SMILES string of the molecule is CCC1CCCCC1OCC(O)CNCCSC(F)(F)F. The molecule has 1 fully saturated rings. The second kappa shape index (κ2) is 9.92. The molecule has 1 saturated carbocycles. The van der Waals surface area contributed by atoms with Crippen LogP contribution < -0.4 is 5.32 Å². The summed E-state index contributed by atoms with van der Waals surface area (Å²) in [5, 5.41) is 12.6. The molecule has 7 heteroatoms. The summed E-state index contributed by atoms with van der Waals surface area (Å²) in [7, 11) is 0. The van der Waals surface area contributed by atoms with E-state index in [0.717, 1.165) is 12.8 Å². The lowest BCUT2D eigenvalue weighted by Crippen LogP contribution is -2.35. The normalized spacial score (nSPS) is 25.0. The number of hydrogen-bond donors (Lipinski definition) is 2. The Bertz CT molecular complexity index is 279. The summed E-state index contributed by atoms with van der Waals surface area (Å²) in [6.45, 7) is 2.90. The molecule has 0 aromatic rings. The van der Waals surface area contributed by atoms with Crippen LogP contribution in [0.4, 0.5) is 13.2 Å². The Morgan fingerprint density at radius 1 is 1.33 bits per heavy atom. The molecule has 0 amide bonds. The molecule has 3 atom stereocenters. The molecule has 3 unspecified atom stereocenters. The quantitative estimate of drug-likeness (QED) is 0.638. The van der Waals surface area contributed by atoms with Gasteiger partial charge in [-0.25, -0.2) is 0 Å². The fourth-order valence-electron chi connectivity index (χ4n) is 2.66. The van der Waals surface area contributed by atoms with Gasteiger partial charge in [0, 0.05) is 18.8 Å². The van der Waals surface area contributed by atoms with E-state index in [0.29, 0.717) is 5.92 Å². The monoisotopic (exact) mass is 329 g/mol. The minimum Gasteiger partial charge on any atom is -0.389 e. The first-order chi connectivity index (χ1) is 9.92. The van der Waals surface area contributed by atoms with Gasteiger partial charge in [-0.05, 0) is 30.5 Å². The van der Waals surface area contributed by atoms with E-state index < -0.39 is 11.6 Å². The number of thioether (sulfide) groups is 1. The highest BCUT2D eigenvalue weighted by Gasteiger charge is 2.27. The Morgan fingerprint density at radius 3 is 2.71 bits per heavy atom. The third-order valence-electron chi connectivity index (χ3n) is 3.79. The van der Waals surface area contributed by atoms with Crippen molar-refractivity contribution in [1.82, 2.24) is 5.32 Å². The summed E-state index contributed by atoms with van der Waals surface area (Å²) in [5.41, 5.74) is -4.18. The summed E-state index contributed by atoms with van der Waals surface area (Å²) in [6, 6.07) is 0. The molecule has 126 valence electrons. The Morgan fingerprint density at radius 2 is 2.05 bits per heavy atom. The molecule has 21 heavy (non-hydrogen) atoms. The van der Waals surface area contributed by atoms with Gasteiger partial charge in [0.2, 0.25) is 0 Å². The number of aliphatic hydroxyl groups excluding tert-OH is 1. The molecule has 0 aromatic heterocycles. The van der Waals surface area contributed by atoms with Crippen molar-refractivity contribution in [2.24, 2.45) is 5.92 Å². The van der Waals surface area contributed by atoms with Gasteiger partial charge in [-0.3, -0.25) is 0 Å². The van der Waals surface area contributed by atoms with Crippen molar-refractivity contribution in [2.75, 3.05) is 25.4 Å². The van der Waals surface area contributed by atoms with Crippen LogP contribution in [0.2, 0.25) is 0 Å². The van der Waals surface area contributed by atoms with Gasteiger partial charge in [-0.2, -0.15) is 13.2 Å². The Labute approximate surface area is 129 Å². The first-order valence-corrected chi connectivity index (χ1v) is 8.62. The fourth-order valence-corrected chi connectivity index (χ4v) is 3.14. The smallest absolute Gasteiger partial charge is 0.389 e. The fraction of sp³-hybridized carbons (Fsp3) is 1.00. The predicted octanol–water partition coefficient (Wildman–Crippen LogP) is 3.18. The van der Waals surface area contributed by atoms with Crippen molar-refractivity contribution < 1.29 is 23.0 Å². The largest absolute Gasteiger partial charge is 0.441 e. The highest BCUT2D eigenvalue weighted by atomic mass is 32.2. The van der Waals surface area contributed by atoms with E-state index in [-0.39, 0.29) is 43.3 Å². The molecule has 0 saturated heterocycles. The summed E-state index contributed by atoms with van der Waals surface area (Å²) < 4.78 is 41.5. The minimum atomic E-state index is -4.18. The molecule has 0 radical (unpaired) electrons. The lowest BCUT2D eigenvalue weighted by Gasteiger charge is -2.31. The summed E-state index contributed by atoms with van der Waals surface area (Å²) >= 11 is -0.0508. The second-order valence-electron chi connectivity index (χ2n) is 5.48. The van der Waals surface area contributed by atoms with Crippen LogP contribution in [0.3, 0.4) is 0 Å². The topological polar surface area (TPSA) is 41.5 Å². The first-order valence-electron chi connectivity index (χ1n) is 7.63. The van der Waals surface area contributed by atoms with Crippen LogP contribution >= 0.6 is 11.8 Å². The lowest BCUT2D eigenvalue weighted by atomic mass is 9.85. The number of aliphatic hydroxyl groups is 1. The molecule has 1 aliphatic rings. The van der Waals surface area contributed by atoms with Crippen molar-refractivity contribution in [3.05, 3.63) is 0 Å². The average molecular weight is 329 g/mol. The maximum atomic E-state index is 11.9. The standard InChI is InChI=1S/C14H26F3NO2S/c1-2-11-5-3-4-6-13(11)20-10-12(19)9-18-7-8-21-14(15,16)17/h11-13,18-19H,2-10H2,1H3. The van der Waals surface area contributed by atoms with Gasteiger partial charge in [0.1, 0.15) is 0 Å². The minimum absolute atomic E-state index is 0.0440. The molecular weight excluding hydrogens is 303 g/mol. The number of nitrogens with one attached hydrogen (secondary N) is 1. The molecule has 1 aliphatic carbocycles. The maximum absolute atomic E-state index is 11.9. The van der Waals surface area contributed by atoms with Crippen molar-refractivity contribution >= 4 is 11.8 Å². The van der Waals surface area contributed by atoms with Crippen LogP contribution in [-0.4, -0.2) is 48.3 Å². The van der Waals surface area contributed by atoms with Gasteiger partial charge in [0.15, 0.2) is 0 Å². The van der Waals surface area contributed by atoms with E-state index in [1.807, 2.05) is 0 Å². The van der Waals surface area contributed by atoms with Gasteiger partial charge in [-0.1, -0.05) is 26.2 Å². The third kappa shape index (κ3) is 8.90. The molecule has 3 nitrogen and oxygen atoms in total. The number of halogens is 3. The van der Waals surface area contributed by atoms with Crippen LogP contribution in [0.5, 0.6) is 0 Å². The van der Waals surface area contributed by atoms with Crippen LogP contribution in [0.25, 0.3) is 0 Å². The third-order valence-corrected chi connectivity index (χ3v) is 4.53. The highest BCUT2D eigenvalue weighted by molar-refractivity contribution is 8.00. The molecule has 0 aliphatic heterocycles. The maximum Gasteiger partial charge on any atom is 0.441 e. The predicted molar refractivity (Wildman–Crippen MR) is 79.4 cm³/mol. The summed E-state index contributed by atoms with van der Waals surface area (Å²) in [4.78, 5) is 0. The number of ether oxygens (including phenoxy) is 1. The van der Waals surface area contributed by atoms with Gasteiger partial charge in [-0.15, -0.1) is 0 Å². The summed E-state index contributed by atoms with van der Waals surface area (Å²) in [5.74, 6) is 0.527. The molecule has 0 heterocycles. The van der Waals surface area contributed by atoms with E-state index in [2.05, 4.69) is 12.2 Å². The van der Waals surface area contributed by atoms with Crippen molar-refractivity contribution in [2.45, 2.75) is 56.7 Å². The lowest BCUT2D eigenvalue weighted by molar-refractivity contribution is -0.0498. The Balaban J connectivity index is 2.06. The number of hydrogen-bond acceptors (Lipinski definition) is 4. The van der Waals surface area contributed by atoms with E-state index in [9.17, 15) is 18.3 Å². The highest BCUT2D eigenvalue weighted by Crippen LogP contribution is 2.30. The molecule has 0 bridgehead atoms. The van der Waals surface area contributed by atoms with E-state index in [1.165, 1.54) is 19.3 Å². The molecule has 0 spiro atoms. The van der Waals surface area contributed by atoms with E-state index in [1.54, 1.807) is 0 Å². The number of alkyl halides is 3. The van der Waals surface area contributed by atoms with Gasteiger partial charge >= 0.3 is 5.51 Å². The van der Waals surface area contributed by atoms with Gasteiger partial charge < -0.3 is 15.2 Å². The van der Waals surface area contributed by atoms with Crippen molar-refractivity contribution in [1.29, 1.82) is 0 Å². The zero-order valence-corrected chi connectivity index (χ0v) is 13.3. The van der Waals surface area contributed by atoms with Gasteiger partial charge in [0.25, 0.3) is 0 Å². The first kappa shape index (κ1) is 19.1. The van der Waals surface area contributed by atoms with Gasteiger partial charge in [0.05, 0.1) is 18.8 Å². The zero-order chi connectivity index (χ0) is 15.7. The Kier molecular flexibility index (Phi) is 9.01. The van der Waals surface area contributed by atoms with E-state index >= 15 is 0 Å². The molecule has 0 aromatic carbocycles. The van der Waals surface area contributed by atoms with Crippen molar-refractivity contribution in [3.8, 4) is 0 Å². The summed E-state index contributed by atoms with van der Waals surface area (Å²) in [6.07, 6.45) is 5.29. The van der Waals surface area contributed by atoms with Crippen LogP contribution in [0, 0.1) is 5.92 Å². The Hall–Kier alpha value is 0.0200. The molecule has 2 N–H and O–H groups in total. The zero-order valence-electron chi connectivity index (χ0n) is 12.5. The molecular formula is C14H26F3NO2S. The van der Waals surface area contributed by atoms with E-state index in [4.69, 9.17) is 4.74 Å². The van der Waals surface area contributed by atoms with Crippen molar-refractivity contribution in [3.63, 3.8) is 0 Å². The number of rotatable bonds is 9.